The lowest BCUT2D eigenvalue weighted by Gasteiger charge is -2.24. The first-order valence-electron chi connectivity index (χ1n) is 7.91. The SMILES string of the molecule is COc1ccc([C@@H]2CC(=O)c3cnc4nc(N)[nH]c(=O)c4c3C2)cc1. The Morgan fingerprint density at radius 3 is 2.68 bits per heavy atom. The highest BCUT2D eigenvalue weighted by molar-refractivity contribution is 6.02. The van der Waals surface area contributed by atoms with E-state index in [1.807, 2.05) is 24.3 Å². The van der Waals surface area contributed by atoms with Crippen LogP contribution < -0.4 is 16.0 Å². The highest BCUT2D eigenvalue weighted by Gasteiger charge is 2.29. The number of nitrogen functional groups attached to an aromatic ring is 1. The first-order valence-corrected chi connectivity index (χ1v) is 7.91. The van der Waals surface area contributed by atoms with Crippen LogP contribution >= 0.6 is 0 Å². The average molecular weight is 336 g/mol. The quantitative estimate of drug-likeness (QED) is 0.738. The van der Waals surface area contributed by atoms with Crippen LogP contribution in [-0.4, -0.2) is 27.8 Å². The topological polar surface area (TPSA) is 111 Å². The number of aromatic amines is 1. The summed E-state index contributed by atoms with van der Waals surface area (Å²) in [5.74, 6) is 0.747. The Morgan fingerprint density at radius 1 is 1.20 bits per heavy atom. The lowest BCUT2D eigenvalue weighted by atomic mass is 9.79. The van der Waals surface area contributed by atoms with Crippen LogP contribution in [0.1, 0.15) is 33.8 Å². The molecular weight excluding hydrogens is 320 g/mol. The van der Waals surface area contributed by atoms with Crippen molar-refractivity contribution in [3.8, 4) is 5.75 Å². The lowest BCUT2D eigenvalue weighted by molar-refractivity contribution is 0.0964. The number of nitrogens with two attached hydrogens (primary N) is 1. The number of ketones is 1. The number of ether oxygens (including phenoxy) is 1. The normalized spacial score (nSPS) is 16.7. The van der Waals surface area contributed by atoms with Gasteiger partial charge in [-0.2, -0.15) is 4.98 Å². The Hall–Kier alpha value is -3.22. The molecule has 0 amide bonds. The van der Waals surface area contributed by atoms with Gasteiger partial charge in [0.2, 0.25) is 5.95 Å². The second-order valence-electron chi connectivity index (χ2n) is 6.10. The van der Waals surface area contributed by atoms with E-state index >= 15 is 0 Å². The zero-order valence-electron chi connectivity index (χ0n) is 13.6. The maximum atomic E-state index is 12.6. The van der Waals surface area contributed by atoms with E-state index in [1.165, 1.54) is 6.20 Å². The molecule has 0 spiro atoms. The summed E-state index contributed by atoms with van der Waals surface area (Å²) in [4.78, 5) is 35.7. The monoisotopic (exact) mass is 336 g/mol. The summed E-state index contributed by atoms with van der Waals surface area (Å²) in [6, 6.07) is 7.64. The molecule has 0 radical (unpaired) electrons. The lowest BCUT2D eigenvalue weighted by Crippen LogP contribution is -2.23. The van der Waals surface area contributed by atoms with Crippen molar-refractivity contribution in [2.75, 3.05) is 12.8 Å². The number of hydrogen-bond acceptors (Lipinski definition) is 6. The predicted octanol–water partition coefficient (Wildman–Crippen LogP) is 1.82. The van der Waals surface area contributed by atoms with E-state index in [-0.39, 0.29) is 28.9 Å². The van der Waals surface area contributed by atoms with Crippen LogP contribution in [0.3, 0.4) is 0 Å². The first kappa shape index (κ1) is 15.3. The van der Waals surface area contributed by atoms with Crippen LogP contribution in [0.15, 0.2) is 35.3 Å². The highest BCUT2D eigenvalue weighted by atomic mass is 16.5. The maximum absolute atomic E-state index is 12.6. The van der Waals surface area contributed by atoms with Crippen molar-refractivity contribution in [1.29, 1.82) is 0 Å². The van der Waals surface area contributed by atoms with Gasteiger partial charge in [-0.3, -0.25) is 14.6 Å². The van der Waals surface area contributed by atoms with Gasteiger partial charge in [-0.25, -0.2) is 4.98 Å². The van der Waals surface area contributed by atoms with E-state index in [0.29, 0.717) is 29.4 Å². The number of rotatable bonds is 2. The van der Waals surface area contributed by atoms with E-state index < -0.39 is 0 Å². The number of hydrogen-bond donors (Lipinski definition) is 2. The number of H-pyrrole nitrogens is 1. The molecule has 1 aromatic carbocycles. The van der Waals surface area contributed by atoms with E-state index in [4.69, 9.17) is 10.5 Å². The molecule has 2 aromatic heterocycles. The third kappa shape index (κ3) is 2.53. The molecule has 126 valence electrons. The minimum atomic E-state index is -0.366. The van der Waals surface area contributed by atoms with Gasteiger partial charge in [-0.1, -0.05) is 12.1 Å². The molecule has 2 heterocycles. The van der Waals surface area contributed by atoms with E-state index in [2.05, 4.69) is 15.0 Å². The van der Waals surface area contributed by atoms with Gasteiger partial charge < -0.3 is 10.5 Å². The summed E-state index contributed by atoms with van der Waals surface area (Å²) in [7, 11) is 1.61. The first-order chi connectivity index (χ1) is 12.1. The Balaban J connectivity index is 1.84. The minimum absolute atomic E-state index is 0.00606. The molecule has 0 saturated carbocycles. The molecule has 7 heteroatoms. The van der Waals surface area contributed by atoms with Crippen LogP contribution in [0.5, 0.6) is 5.75 Å². The number of pyridine rings is 1. The molecule has 7 nitrogen and oxygen atoms in total. The van der Waals surface area contributed by atoms with Crippen molar-refractivity contribution in [1.82, 2.24) is 15.0 Å². The van der Waals surface area contributed by atoms with Crippen LogP contribution in [0.25, 0.3) is 11.0 Å². The van der Waals surface area contributed by atoms with E-state index in [0.717, 1.165) is 11.3 Å². The van der Waals surface area contributed by atoms with Gasteiger partial charge in [-0.15, -0.1) is 0 Å². The zero-order chi connectivity index (χ0) is 17.6. The molecule has 1 aliphatic carbocycles. The second-order valence-corrected chi connectivity index (χ2v) is 6.10. The molecule has 1 aliphatic rings. The van der Waals surface area contributed by atoms with Crippen molar-refractivity contribution >= 4 is 22.8 Å². The summed E-state index contributed by atoms with van der Waals surface area (Å²) in [6.45, 7) is 0. The third-order valence-electron chi connectivity index (χ3n) is 4.63. The second kappa shape index (κ2) is 5.70. The standard InChI is InChI=1S/C18H16N4O3/c1-25-11-4-2-9(3-5-11)10-6-12-13(14(23)7-10)8-20-16-15(12)17(24)22-18(19)21-16/h2-5,8,10H,6-7H2,1H3,(H3,19,20,21,22,24)/t10-/m0/s1. The van der Waals surface area contributed by atoms with Crippen molar-refractivity contribution in [2.24, 2.45) is 0 Å². The smallest absolute Gasteiger partial charge is 0.262 e. The van der Waals surface area contributed by atoms with Crippen LogP contribution in [-0.2, 0) is 6.42 Å². The third-order valence-corrected chi connectivity index (χ3v) is 4.63. The molecule has 4 rings (SSSR count). The van der Waals surface area contributed by atoms with Gasteiger partial charge in [-0.05, 0) is 35.6 Å². The molecule has 0 bridgehead atoms. The predicted molar refractivity (Wildman–Crippen MR) is 93.0 cm³/mol. The van der Waals surface area contributed by atoms with Crippen molar-refractivity contribution in [2.45, 2.75) is 18.8 Å². The minimum Gasteiger partial charge on any atom is -0.497 e. The van der Waals surface area contributed by atoms with Gasteiger partial charge in [0.1, 0.15) is 5.75 Å². The number of nitrogens with zero attached hydrogens (tertiary/aromatic N) is 2. The molecule has 0 fully saturated rings. The van der Waals surface area contributed by atoms with Gasteiger partial charge in [0.05, 0.1) is 12.5 Å². The molecule has 0 saturated heterocycles. The number of anilines is 1. The Bertz CT molecular complexity index is 1040. The number of nitrogens with one attached hydrogen (secondary N) is 1. The van der Waals surface area contributed by atoms with E-state index in [1.54, 1.807) is 7.11 Å². The molecule has 3 aromatic rings. The fraction of sp³-hybridized carbons (Fsp3) is 0.222. The fourth-order valence-corrected chi connectivity index (χ4v) is 3.40. The summed E-state index contributed by atoms with van der Waals surface area (Å²) in [6.07, 6.45) is 2.45. The zero-order valence-corrected chi connectivity index (χ0v) is 13.6. The average Bonchev–Trinajstić information content (AvgIpc) is 2.60. The fourth-order valence-electron chi connectivity index (χ4n) is 3.40. The molecule has 0 aliphatic heterocycles. The molecule has 25 heavy (non-hydrogen) atoms. The van der Waals surface area contributed by atoms with Gasteiger partial charge in [0, 0.05) is 18.2 Å². The Labute approximate surface area is 142 Å². The summed E-state index contributed by atoms with van der Waals surface area (Å²) < 4.78 is 5.18. The van der Waals surface area contributed by atoms with Gasteiger partial charge in [0.15, 0.2) is 11.4 Å². The number of carbonyl (C=O) groups excluding carboxylic acids is 1. The number of benzene rings is 1. The number of carbonyl (C=O) groups is 1. The van der Waals surface area contributed by atoms with Gasteiger partial charge >= 0.3 is 0 Å². The Morgan fingerprint density at radius 2 is 1.96 bits per heavy atom. The number of Topliss-reactive ketones (excluding diaryl/α,β-unsaturated/α-hetero) is 1. The number of aromatic nitrogens is 3. The molecule has 3 N–H and O–H groups in total. The van der Waals surface area contributed by atoms with E-state index in [9.17, 15) is 9.59 Å². The largest absolute Gasteiger partial charge is 0.497 e. The summed E-state index contributed by atoms with van der Waals surface area (Å²) in [5.41, 5.74) is 7.71. The molecular formula is C18H16N4O3. The number of fused-ring (bicyclic) bond motifs is 3. The maximum Gasteiger partial charge on any atom is 0.262 e. The van der Waals surface area contributed by atoms with Crippen LogP contribution in [0.2, 0.25) is 0 Å². The number of methoxy groups -OCH3 is 1. The van der Waals surface area contributed by atoms with Crippen molar-refractivity contribution in [3.05, 3.63) is 57.5 Å². The highest BCUT2D eigenvalue weighted by Crippen LogP contribution is 2.35. The summed E-state index contributed by atoms with van der Waals surface area (Å²) in [5, 5.41) is 0.346. The molecule has 0 unspecified atom stereocenters. The van der Waals surface area contributed by atoms with Crippen LogP contribution in [0.4, 0.5) is 5.95 Å². The Kier molecular flexibility index (Phi) is 3.49. The molecule has 1 atom stereocenters. The summed E-state index contributed by atoms with van der Waals surface area (Å²) >= 11 is 0. The van der Waals surface area contributed by atoms with Crippen molar-refractivity contribution < 1.29 is 9.53 Å². The van der Waals surface area contributed by atoms with Gasteiger partial charge in [0.25, 0.3) is 5.56 Å². The van der Waals surface area contributed by atoms with Crippen LogP contribution in [0, 0.1) is 0 Å². The van der Waals surface area contributed by atoms with Crippen molar-refractivity contribution in [3.63, 3.8) is 0 Å².